The molecule has 0 aliphatic rings. The summed E-state index contributed by atoms with van der Waals surface area (Å²) in [7, 11) is 1.64. The second-order valence-corrected chi connectivity index (χ2v) is 8.23. The van der Waals surface area contributed by atoms with Crippen LogP contribution in [0.4, 0.5) is 0 Å². The summed E-state index contributed by atoms with van der Waals surface area (Å²) >= 11 is 3.47. The Labute approximate surface area is 195 Å². The molecule has 32 heavy (non-hydrogen) atoms. The number of carbonyl (C=O) groups excluding carboxylic acids is 1. The van der Waals surface area contributed by atoms with Crippen LogP contribution in [0, 0.1) is 0 Å². The fourth-order valence-electron chi connectivity index (χ4n) is 3.90. The van der Waals surface area contributed by atoms with Crippen molar-refractivity contribution in [3.8, 4) is 11.5 Å². The van der Waals surface area contributed by atoms with E-state index < -0.39 is 0 Å². The zero-order valence-corrected chi connectivity index (χ0v) is 19.6. The molecule has 3 aromatic carbocycles. The first-order chi connectivity index (χ1) is 15.6. The second-order valence-electron chi connectivity index (χ2n) is 7.38. The monoisotopic (exact) mass is 492 g/mol. The van der Waals surface area contributed by atoms with Crippen molar-refractivity contribution in [2.45, 2.75) is 12.8 Å². The van der Waals surface area contributed by atoms with E-state index in [0.717, 1.165) is 26.5 Å². The Morgan fingerprint density at radius 2 is 1.84 bits per heavy atom. The summed E-state index contributed by atoms with van der Waals surface area (Å²) in [5, 5.41) is 4.24. The topological polar surface area (TPSA) is 63.3 Å². The SMILES string of the molecule is CCOc1ccc(C(CNC(=O)c2ccccc2Br)c2c[nH]c3ccccc23)cc1OC. The Morgan fingerprint density at radius 3 is 2.62 bits per heavy atom. The molecule has 0 saturated heterocycles. The minimum Gasteiger partial charge on any atom is -0.493 e. The van der Waals surface area contributed by atoms with Gasteiger partial charge < -0.3 is 19.8 Å². The lowest BCUT2D eigenvalue weighted by atomic mass is 9.90. The van der Waals surface area contributed by atoms with E-state index in [-0.39, 0.29) is 11.8 Å². The van der Waals surface area contributed by atoms with Gasteiger partial charge in [0.15, 0.2) is 11.5 Å². The number of halogens is 1. The van der Waals surface area contributed by atoms with E-state index in [1.54, 1.807) is 13.2 Å². The third-order valence-corrected chi connectivity index (χ3v) is 6.16. The van der Waals surface area contributed by atoms with Crippen molar-refractivity contribution in [2.24, 2.45) is 0 Å². The third kappa shape index (κ3) is 4.50. The smallest absolute Gasteiger partial charge is 0.252 e. The van der Waals surface area contributed by atoms with Gasteiger partial charge in [-0.25, -0.2) is 0 Å². The normalized spacial score (nSPS) is 11.8. The summed E-state index contributed by atoms with van der Waals surface area (Å²) in [6.07, 6.45) is 2.02. The minimum atomic E-state index is -0.125. The van der Waals surface area contributed by atoms with Crippen LogP contribution in [0.25, 0.3) is 10.9 Å². The number of benzene rings is 3. The van der Waals surface area contributed by atoms with Crippen molar-refractivity contribution in [3.63, 3.8) is 0 Å². The highest BCUT2D eigenvalue weighted by Gasteiger charge is 2.21. The summed E-state index contributed by atoms with van der Waals surface area (Å²) in [4.78, 5) is 16.3. The molecule has 6 heteroatoms. The van der Waals surface area contributed by atoms with Crippen LogP contribution >= 0.6 is 15.9 Å². The van der Waals surface area contributed by atoms with E-state index in [0.29, 0.717) is 30.2 Å². The number of methoxy groups -OCH3 is 1. The lowest BCUT2D eigenvalue weighted by molar-refractivity contribution is 0.0951. The van der Waals surface area contributed by atoms with E-state index >= 15 is 0 Å². The number of aromatic nitrogens is 1. The number of para-hydroxylation sites is 1. The van der Waals surface area contributed by atoms with Crippen molar-refractivity contribution >= 4 is 32.7 Å². The molecule has 164 valence electrons. The van der Waals surface area contributed by atoms with E-state index in [1.165, 1.54) is 0 Å². The van der Waals surface area contributed by atoms with Crippen molar-refractivity contribution in [1.82, 2.24) is 10.3 Å². The van der Waals surface area contributed by atoms with Gasteiger partial charge in [0.1, 0.15) is 0 Å². The predicted octanol–water partition coefficient (Wildman–Crippen LogP) is 5.90. The summed E-state index contributed by atoms with van der Waals surface area (Å²) in [5.41, 5.74) is 3.80. The largest absolute Gasteiger partial charge is 0.493 e. The molecule has 1 aromatic heterocycles. The van der Waals surface area contributed by atoms with E-state index in [9.17, 15) is 4.79 Å². The van der Waals surface area contributed by atoms with Crippen LogP contribution < -0.4 is 14.8 Å². The number of ether oxygens (including phenoxy) is 2. The van der Waals surface area contributed by atoms with Gasteiger partial charge >= 0.3 is 0 Å². The van der Waals surface area contributed by atoms with Crippen LogP contribution in [0.1, 0.15) is 34.3 Å². The van der Waals surface area contributed by atoms with Crippen LogP contribution in [0.2, 0.25) is 0 Å². The molecular weight excluding hydrogens is 468 g/mol. The number of hydrogen-bond donors (Lipinski definition) is 2. The Morgan fingerprint density at radius 1 is 1.06 bits per heavy atom. The Kier molecular flexibility index (Phi) is 6.81. The lowest BCUT2D eigenvalue weighted by Gasteiger charge is -2.20. The molecule has 1 heterocycles. The number of aromatic amines is 1. The van der Waals surface area contributed by atoms with Crippen LogP contribution in [0.3, 0.4) is 0 Å². The molecule has 5 nitrogen and oxygen atoms in total. The van der Waals surface area contributed by atoms with Crippen LogP contribution in [-0.2, 0) is 0 Å². The van der Waals surface area contributed by atoms with Gasteiger partial charge in [0, 0.05) is 34.0 Å². The zero-order chi connectivity index (χ0) is 22.5. The molecule has 1 amide bonds. The first kappa shape index (κ1) is 22.0. The first-order valence-electron chi connectivity index (χ1n) is 10.5. The maximum atomic E-state index is 12.9. The van der Waals surface area contributed by atoms with Gasteiger partial charge in [-0.1, -0.05) is 36.4 Å². The highest BCUT2D eigenvalue weighted by atomic mass is 79.9. The van der Waals surface area contributed by atoms with Gasteiger partial charge in [-0.3, -0.25) is 4.79 Å². The molecule has 4 aromatic rings. The lowest BCUT2D eigenvalue weighted by Crippen LogP contribution is -2.29. The number of amides is 1. The Balaban J connectivity index is 1.71. The van der Waals surface area contributed by atoms with Gasteiger partial charge in [-0.05, 0) is 64.3 Å². The second kappa shape index (κ2) is 9.92. The minimum absolute atomic E-state index is 0.0813. The van der Waals surface area contributed by atoms with Crippen molar-refractivity contribution in [3.05, 3.63) is 94.1 Å². The van der Waals surface area contributed by atoms with E-state index in [2.05, 4.69) is 32.3 Å². The molecule has 0 radical (unpaired) electrons. The standard InChI is InChI=1S/C26H25BrN2O3/c1-3-32-24-13-12-17(14-25(24)31-2)20(21-16-28-23-11-7-5-8-18(21)23)15-29-26(30)19-9-4-6-10-22(19)27/h4-14,16,20,28H,3,15H2,1-2H3,(H,29,30). The molecule has 0 aliphatic carbocycles. The van der Waals surface area contributed by atoms with Crippen LogP contribution in [0.15, 0.2) is 77.4 Å². The van der Waals surface area contributed by atoms with Gasteiger partial charge in [-0.15, -0.1) is 0 Å². The quantitative estimate of drug-likeness (QED) is 0.321. The highest BCUT2D eigenvalue weighted by molar-refractivity contribution is 9.10. The number of nitrogens with one attached hydrogen (secondary N) is 2. The third-order valence-electron chi connectivity index (χ3n) is 5.47. The number of fused-ring (bicyclic) bond motifs is 1. The molecule has 4 rings (SSSR count). The van der Waals surface area contributed by atoms with E-state index in [4.69, 9.17) is 9.47 Å². The summed E-state index contributed by atoms with van der Waals surface area (Å²) in [5.74, 6) is 1.17. The molecular formula is C26H25BrN2O3. The predicted molar refractivity (Wildman–Crippen MR) is 131 cm³/mol. The average Bonchev–Trinajstić information content (AvgIpc) is 3.24. The molecule has 1 atom stereocenters. The molecule has 0 saturated carbocycles. The van der Waals surface area contributed by atoms with Gasteiger partial charge in [0.25, 0.3) is 5.91 Å². The first-order valence-corrected chi connectivity index (χ1v) is 11.3. The fourth-order valence-corrected chi connectivity index (χ4v) is 4.37. The van der Waals surface area contributed by atoms with Crippen LogP contribution in [0.5, 0.6) is 11.5 Å². The van der Waals surface area contributed by atoms with Gasteiger partial charge in [-0.2, -0.15) is 0 Å². The van der Waals surface area contributed by atoms with E-state index in [1.807, 2.05) is 67.7 Å². The molecule has 0 aliphatic heterocycles. The molecule has 0 fully saturated rings. The summed E-state index contributed by atoms with van der Waals surface area (Å²) < 4.78 is 12.0. The van der Waals surface area contributed by atoms with Crippen molar-refractivity contribution in [2.75, 3.05) is 20.3 Å². The van der Waals surface area contributed by atoms with Crippen molar-refractivity contribution in [1.29, 1.82) is 0 Å². The number of rotatable bonds is 8. The molecule has 1 unspecified atom stereocenters. The molecule has 0 spiro atoms. The maximum absolute atomic E-state index is 12.9. The van der Waals surface area contributed by atoms with Gasteiger partial charge in [0.05, 0.1) is 19.3 Å². The summed E-state index contributed by atoms with van der Waals surface area (Å²) in [6.45, 7) is 2.93. The van der Waals surface area contributed by atoms with Gasteiger partial charge in [0.2, 0.25) is 0 Å². The molecule has 0 bridgehead atoms. The average molecular weight is 493 g/mol. The highest BCUT2D eigenvalue weighted by Crippen LogP contribution is 2.36. The van der Waals surface area contributed by atoms with Crippen molar-refractivity contribution < 1.29 is 14.3 Å². The Hall–Kier alpha value is -3.25. The number of H-pyrrole nitrogens is 1. The zero-order valence-electron chi connectivity index (χ0n) is 18.0. The Bertz CT molecular complexity index is 1230. The summed E-state index contributed by atoms with van der Waals surface area (Å²) in [6, 6.07) is 21.5. The fraction of sp³-hybridized carbons (Fsp3) is 0.192. The number of carbonyl (C=O) groups is 1. The maximum Gasteiger partial charge on any atom is 0.252 e. The van der Waals surface area contributed by atoms with Crippen LogP contribution in [-0.4, -0.2) is 31.2 Å². The number of hydrogen-bond acceptors (Lipinski definition) is 3. The molecule has 2 N–H and O–H groups in total.